The molecule has 1 atom stereocenters. The Labute approximate surface area is 184 Å². The van der Waals surface area contributed by atoms with Gasteiger partial charge in [0.25, 0.3) is 0 Å². The van der Waals surface area contributed by atoms with Gasteiger partial charge in [-0.05, 0) is 6.92 Å². The minimum atomic E-state index is -1.44. The second-order valence-electron chi connectivity index (χ2n) is 6.87. The van der Waals surface area contributed by atoms with Crippen LogP contribution in [0, 0.1) is 0 Å². The first-order valence-electron chi connectivity index (χ1n) is 10.3. The predicted octanol–water partition coefficient (Wildman–Crippen LogP) is 3.84. The molecule has 0 saturated heterocycles. The zero-order valence-corrected chi connectivity index (χ0v) is 19.2. The number of carbonyl (C=O) groups is 2. The van der Waals surface area contributed by atoms with Crippen LogP contribution in [0.5, 0.6) is 0 Å². The molecule has 1 unspecified atom stereocenters. The zero-order valence-electron chi connectivity index (χ0n) is 17.0. The van der Waals surface area contributed by atoms with E-state index in [0.717, 1.165) is 55.6 Å². The van der Waals surface area contributed by atoms with Crippen molar-refractivity contribution in [1.82, 2.24) is 0 Å². The summed E-state index contributed by atoms with van der Waals surface area (Å²) in [5, 5.41) is 17.3. The van der Waals surface area contributed by atoms with Gasteiger partial charge in [0, 0.05) is 0 Å². The van der Waals surface area contributed by atoms with Crippen LogP contribution in [-0.2, 0) is 9.59 Å². The third-order valence-electron chi connectivity index (χ3n) is 4.06. The first-order valence-corrected chi connectivity index (χ1v) is 11.4. The molecule has 0 heterocycles. The Balaban J connectivity index is 0. The minimum absolute atomic E-state index is 0.461. The van der Waals surface area contributed by atoms with Crippen molar-refractivity contribution in [1.29, 1.82) is 0 Å². The number of hydrogen-bond acceptors (Lipinski definition) is 4. The van der Waals surface area contributed by atoms with Crippen molar-refractivity contribution >= 4 is 43.6 Å². The molecule has 0 radical (unpaired) electrons. The van der Waals surface area contributed by atoms with Crippen LogP contribution >= 0.6 is 0 Å². The van der Waals surface area contributed by atoms with Gasteiger partial charge in [0.1, 0.15) is 0 Å². The van der Waals surface area contributed by atoms with E-state index in [1.165, 1.54) is 77.0 Å². The summed E-state index contributed by atoms with van der Waals surface area (Å²) in [4.78, 5) is 20.2. The summed E-state index contributed by atoms with van der Waals surface area (Å²) in [7, 11) is 0. The Hall–Kier alpha value is 0.0997. The third-order valence-corrected chi connectivity index (χ3v) is 4.61. The monoisotopic (exact) mass is 394 g/mol. The fourth-order valence-corrected chi connectivity index (χ4v) is 2.78. The van der Waals surface area contributed by atoms with Crippen molar-refractivity contribution < 1.29 is 19.8 Å². The van der Waals surface area contributed by atoms with Crippen molar-refractivity contribution in [2.45, 2.75) is 110 Å². The van der Waals surface area contributed by atoms with Crippen molar-refractivity contribution in [3.05, 3.63) is 12.2 Å². The van der Waals surface area contributed by atoms with Gasteiger partial charge in [-0.2, -0.15) is 0 Å². The normalized spacial score (nSPS) is 11.9. The molecule has 0 saturated carbocycles. The molecule has 0 amide bonds. The first-order chi connectivity index (χ1) is 12.4. The maximum atomic E-state index is 10.8. The number of hydrogen-bond donors (Lipinski definition) is 1. The molecule has 0 aliphatic carbocycles. The maximum absolute atomic E-state index is 10.8. The van der Waals surface area contributed by atoms with E-state index in [2.05, 4.69) is 19.1 Å². The average Bonchev–Trinajstić information content (AvgIpc) is 2.58. The van der Waals surface area contributed by atoms with E-state index >= 15 is 0 Å². The molecule has 0 aromatic heterocycles. The van der Waals surface area contributed by atoms with E-state index in [0.29, 0.717) is 1.88 Å². The molecule has 0 spiro atoms. The Bertz CT molecular complexity index is 354. The SMILES string of the molecule is CC(O)C(=O)[O-].CCCCCCCC/C=C\CCCCCCC[C](=O)[Ca+]. The zero-order chi connectivity index (χ0) is 20.0. The van der Waals surface area contributed by atoms with Crippen LogP contribution in [0.4, 0.5) is 0 Å². The Kier molecular flexibility index (Phi) is 25.2. The van der Waals surface area contributed by atoms with Crippen LogP contribution in [0.2, 0.25) is 0 Å². The third kappa shape index (κ3) is 28.9. The van der Waals surface area contributed by atoms with Crippen LogP contribution < -0.4 is 5.11 Å². The van der Waals surface area contributed by atoms with E-state index in [1.54, 1.807) is 0 Å². The molecule has 26 heavy (non-hydrogen) atoms. The number of aliphatic hydroxyl groups is 1. The predicted molar refractivity (Wildman–Crippen MR) is 107 cm³/mol. The molecular formula is C21H38CaO4. The molecule has 4 nitrogen and oxygen atoms in total. The molecule has 148 valence electrons. The molecule has 0 bridgehead atoms. The summed E-state index contributed by atoms with van der Waals surface area (Å²) in [6.45, 7) is 3.41. The van der Waals surface area contributed by atoms with Gasteiger partial charge in [0.05, 0.1) is 12.1 Å². The summed E-state index contributed by atoms with van der Waals surface area (Å²) in [6, 6.07) is 0. The van der Waals surface area contributed by atoms with Gasteiger partial charge in [-0.1, -0.05) is 39.0 Å². The first kappa shape index (κ1) is 28.3. The van der Waals surface area contributed by atoms with Gasteiger partial charge in [0.15, 0.2) is 0 Å². The van der Waals surface area contributed by atoms with Crippen LogP contribution in [-0.4, -0.2) is 54.8 Å². The van der Waals surface area contributed by atoms with Crippen LogP contribution in [0.15, 0.2) is 12.2 Å². The number of aliphatic hydroxyl groups excluding tert-OH is 1. The number of allylic oxidation sites excluding steroid dienone is 2. The number of carbonyl (C=O) groups excluding carboxylic acids is 2. The molecule has 1 N–H and O–H groups in total. The molecule has 0 fully saturated rings. The number of rotatable bonds is 16. The summed E-state index contributed by atoms with van der Waals surface area (Å²) < 4.78 is 0.461. The van der Waals surface area contributed by atoms with E-state index in [9.17, 15) is 14.7 Å². The number of carboxylic acid groups (broad SMARTS) is 1. The van der Waals surface area contributed by atoms with Gasteiger partial charge in [0.2, 0.25) is 0 Å². The average molecular weight is 395 g/mol. The quantitative estimate of drug-likeness (QED) is 0.245. The molecular weight excluding hydrogens is 356 g/mol. The van der Waals surface area contributed by atoms with Gasteiger partial charge in [-0.3, -0.25) is 0 Å². The van der Waals surface area contributed by atoms with E-state index in [-0.39, 0.29) is 0 Å². The van der Waals surface area contributed by atoms with Crippen molar-refractivity contribution in [3.63, 3.8) is 0 Å². The van der Waals surface area contributed by atoms with Crippen molar-refractivity contribution in [3.8, 4) is 0 Å². The molecule has 0 aliphatic heterocycles. The van der Waals surface area contributed by atoms with Crippen molar-refractivity contribution in [2.75, 3.05) is 0 Å². The second-order valence-corrected chi connectivity index (χ2v) is 8.10. The summed E-state index contributed by atoms with van der Waals surface area (Å²) in [5.74, 6) is -1.44. The molecule has 5 heteroatoms. The summed E-state index contributed by atoms with van der Waals surface area (Å²) in [5.41, 5.74) is 0. The Morgan fingerprint density at radius 2 is 1.27 bits per heavy atom. The van der Waals surface area contributed by atoms with E-state index in [1.807, 2.05) is 0 Å². The number of aliphatic carboxylic acids is 1. The molecule has 0 aromatic rings. The Morgan fingerprint density at radius 3 is 1.65 bits per heavy atom. The number of unbranched alkanes of at least 4 members (excludes halogenated alkanes) is 11. The summed E-state index contributed by atoms with van der Waals surface area (Å²) >= 11 is 0.837. The van der Waals surface area contributed by atoms with Gasteiger partial charge >= 0.3 is 112 Å². The van der Waals surface area contributed by atoms with Gasteiger partial charge in [-0.25, -0.2) is 0 Å². The number of carboxylic acids is 1. The fourth-order valence-electron chi connectivity index (χ4n) is 2.39. The van der Waals surface area contributed by atoms with Crippen LogP contribution in [0.1, 0.15) is 104 Å². The second kappa shape index (κ2) is 23.1. The van der Waals surface area contributed by atoms with Gasteiger partial charge < -0.3 is 15.0 Å². The molecule has 0 rings (SSSR count). The van der Waals surface area contributed by atoms with E-state index < -0.39 is 12.1 Å². The van der Waals surface area contributed by atoms with Crippen molar-refractivity contribution in [2.24, 2.45) is 0 Å². The summed E-state index contributed by atoms with van der Waals surface area (Å²) in [6.07, 6.45) is 21.4. The standard InChI is InChI=1S/C18H33O.C3H6O3.Ca/c1-2-3-4-5-6-7-8-9-10-11-12-13-14-15-16-17-18-19;1-2(4)3(5)6;/h9-10H,2-8,11-17H2,1H3;2,4H,1H3,(H,5,6);/q;;+1/p-1/b10-9-;;. The topological polar surface area (TPSA) is 77.4 Å². The van der Waals surface area contributed by atoms with Gasteiger partial charge in [-0.15, -0.1) is 0 Å². The molecule has 0 aliphatic rings. The van der Waals surface area contributed by atoms with Crippen LogP contribution in [0.25, 0.3) is 0 Å². The Morgan fingerprint density at radius 1 is 0.885 bits per heavy atom. The fraction of sp³-hybridized carbons (Fsp3) is 0.810. The molecule has 0 aromatic carbocycles. The van der Waals surface area contributed by atoms with E-state index in [4.69, 9.17) is 5.11 Å². The van der Waals surface area contributed by atoms with Crippen LogP contribution in [0.3, 0.4) is 0 Å².